The van der Waals surface area contributed by atoms with Crippen LogP contribution in [-0.4, -0.2) is 39.3 Å². The Bertz CT molecular complexity index is 1190. The van der Waals surface area contributed by atoms with E-state index in [1.807, 2.05) is 18.2 Å². The fourth-order valence-electron chi connectivity index (χ4n) is 3.38. The van der Waals surface area contributed by atoms with Crippen molar-refractivity contribution in [2.24, 2.45) is 0 Å². The Hall–Kier alpha value is -2.55. The third kappa shape index (κ3) is 3.78. The Morgan fingerprint density at radius 1 is 1.11 bits per heavy atom. The van der Waals surface area contributed by atoms with E-state index in [0.29, 0.717) is 22.0 Å². The fraction of sp³-hybridized carbons (Fsp3) is 0.263. The van der Waals surface area contributed by atoms with E-state index in [9.17, 15) is 13.2 Å². The lowest BCUT2D eigenvalue weighted by Gasteiger charge is -2.24. The number of aromatic nitrogens is 1. The summed E-state index contributed by atoms with van der Waals surface area (Å²) in [4.78, 5) is 17.7. The van der Waals surface area contributed by atoms with Crippen molar-refractivity contribution >= 4 is 37.4 Å². The molecule has 140 valence electrons. The summed E-state index contributed by atoms with van der Waals surface area (Å²) in [6.07, 6.45) is 2.88. The van der Waals surface area contributed by atoms with Gasteiger partial charge in [0.05, 0.1) is 11.8 Å². The topological polar surface area (TPSA) is 100 Å². The first kappa shape index (κ1) is 17.8. The van der Waals surface area contributed by atoms with E-state index in [0.717, 1.165) is 36.8 Å². The quantitative estimate of drug-likeness (QED) is 0.630. The van der Waals surface area contributed by atoms with Crippen LogP contribution in [-0.2, 0) is 10.0 Å². The highest BCUT2D eigenvalue weighted by molar-refractivity contribution is 7.92. The third-order valence-electron chi connectivity index (χ3n) is 4.65. The predicted molar refractivity (Wildman–Crippen MR) is 108 cm³/mol. The molecule has 0 aliphatic carbocycles. The average molecular weight is 384 g/mol. The Morgan fingerprint density at radius 2 is 1.93 bits per heavy atom. The second-order valence-corrected chi connectivity index (χ2v) is 8.50. The average Bonchev–Trinajstić information content (AvgIpc) is 2.78. The third-order valence-corrected chi connectivity index (χ3v) is 5.26. The van der Waals surface area contributed by atoms with Crippen LogP contribution in [0.4, 0.5) is 5.69 Å². The van der Waals surface area contributed by atoms with Gasteiger partial charge in [0, 0.05) is 48.3 Å². The molecular formula is C19H20N4O3S. The van der Waals surface area contributed by atoms with Crippen molar-refractivity contribution in [3.63, 3.8) is 0 Å². The zero-order chi connectivity index (χ0) is 19.0. The molecule has 4 rings (SSSR count). The summed E-state index contributed by atoms with van der Waals surface area (Å²) in [5.74, 6) is 0. The highest BCUT2D eigenvalue weighted by Gasteiger charge is 2.16. The number of fused-ring (bicyclic) bond motifs is 2. The molecule has 3 aromatic rings. The van der Waals surface area contributed by atoms with Crippen molar-refractivity contribution in [2.75, 3.05) is 30.6 Å². The molecule has 1 unspecified atom stereocenters. The Morgan fingerprint density at radius 3 is 2.67 bits per heavy atom. The molecule has 7 nitrogen and oxygen atoms in total. The van der Waals surface area contributed by atoms with Crippen molar-refractivity contribution in [3.8, 4) is 0 Å². The second kappa shape index (κ2) is 6.88. The molecular weight excluding hydrogens is 364 g/mol. The van der Waals surface area contributed by atoms with Gasteiger partial charge >= 0.3 is 0 Å². The number of benzene rings is 1. The minimum absolute atomic E-state index is 0.106. The van der Waals surface area contributed by atoms with E-state index >= 15 is 0 Å². The van der Waals surface area contributed by atoms with Crippen LogP contribution in [0.5, 0.6) is 0 Å². The number of anilines is 1. The molecule has 1 fully saturated rings. The molecule has 8 heteroatoms. The Kier molecular flexibility index (Phi) is 4.55. The number of hydrogen-bond donors (Lipinski definition) is 3. The van der Waals surface area contributed by atoms with Crippen molar-refractivity contribution in [3.05, 3.63) is 58.4 Å². The molecule has 2 aromatic carbocycles. The van der Waals surface area contributed by atoms with E-state index in [-0.39, 0.29) is 11.5 Å². The predicted octanol–water partition coefficient (Wildman–Crippen LogP) is 1.35. The minimum atomic E-state index is -3.42. The van der Waals surface area contributed by atoms with Crippen LogP contribution >= 0.6 is 0 Å². The van der Waals surface area contributed by atoms with Crippen LogP contribution < -0.4 is 20.8 Å². The van der Waals surface area contributed by atoms with Crippen molar-refractivity contribution in [1.82, 2.24) is 15.6 Å². The molecule has 0 radical (unpaired) electrons. The first-order valence-electron chi connectivity index (χ1n) is 8.69. The van der Waals surface area contributed by atoms with Crippen LogP contribution in [0, 0.1) is 0 Å². The van der Waals surface area contributed by atoms with Gasteiger partial charge in [0.2, 0.25) is 10.0 Å². The smallest absolute Gasteiger partial charge is 0.229 e. The summed E-state index contributed by atoms with van der Waals surface area (Å²) in [5, 5.41) is 8.45. The van der Waals surface area contributed by atoms with Crippen LogP contribution in [0.15, 0.2) is 47.4 Å². The minimum Gasteiger partial charge on any atom is -0.314 e. The maximum atomic E-state index is 13.2. The summed E-state index contributed by atoms with van der Waals surface area (Å²) in [5.41, 5.74) is 1.77. The van der Waals surface area contributed by atoms with Crippen molar-refractivity contribution in [2.45, 2.75) is 6.04 Å². The van der Waals surface area contributed by atoms with Gasteiger partial charge in [-0.2, -0.15) is 0 Å². The van der Waals surface area contributed by atoms with Gasteiger partial charge in [-0.25, -0.2) is 8.42 Å². The number of nitrogens with one attached hydrogen (secondary N) is 3. The zero-order valence-corrected chi connectivity index (χ0v) is 15.6. The molecule has 3 N–H and O–H groups in total. The van der Waals surface area contributed by atoms with Gasteiger partial charge in [-0.05, 0) is 35.2 Å². The number of pyridine rings is 1. The van der Waals surface area contributed by atoms with Crippen LogP contribution in [0.1, 0.15) is 11.6 Å². The SMILES string of the molecule is CS(=O)(=O)Nc1ccc2ccc3ncc(C4CNCCN4)cc3c(=O)c2c1. The Labute approximate surface area is 156 Å². The van der Waals surface area contributed by atoms with E-state index < -0.39 is 10.0 Å². The van der Waals surface area contributed by atoms with E-state index in [1.54, 1.807) is 24.4 Å². The number of sulfonamides is 1. The second-order valence-electron chi connectivity index (χ2n) is 6.75. The first-order valence-corrected chi connectivity index (χ1v) is 10.6. The summed E-state index contributed by atoms with van der Waals surface area (Å²) in [6.45, 7) is 2.56. The van der Waals surface area contributed by atoms with Gasteiger partial charge in [0.25, 0.3) is 0 Å². The molecule has 1 saturated heterocycles. The van der Waals surface area contributed by atoms with Gasteiger partial charge in [-0.15, -0.1) is 0 Å². The fourth-order valence-corrected chi connectivity index (χ4v) is 3.93. The van der Waals surface area contributed by atoms with Crippen molar-refractivity contribution in [1.29, 1.82) is 0 Å². The normalized spacial score (nSPS) is 17.9. The maximum absolute atomic E-state index is 13.2. The molecule has 2 heterocycles. The monoisotopic (exact) mass is 384 g/mol. The zero-order valence-electron chi connectivity index (χ0n) is 14.8. The lowest BCUT2D eigenvalue weighted by Crippen LogP contribution is -2.42. The highest BCUT2D eigenvalue weighted by Crippen LogP contribution is 2.21. The molecule has 1 aliphatic rings. The summed E-state index contributed by atoms with van der Waals surface area (Å²) >= 11 is 0. The molecule has 27 heavy (non-hydrogen) atoms. The molecule has 0 saturated carbocycles. The molecule has 0 spiro atoms. The maximum Gasteiger partial charge on any atom is 0.229 e. The van der Waals surface area contributed by atoms with E-state index in [2.05, 4.69) is 20.3 Å². The molecule has 1 aromatic heterocycles. The van der Waals surface area contributed by atoms with Gasteiger partial charge in [0.15, 0.2) is 5.43 Å². The largest absolute Gasteiger partial charge is 0.314 e. The van der Waals surface area contributed by atoms with Crippen LogP contribution in [0.25, 0.3) is 21.7 Å². The van der Waals surface area contributed by atoms with Gasteiger partial charge in [-0.1, -0.05) is 12.1 Å². The van der Waals surface area contributed by atoms with Crippen LogP contribution in [0.3, 0.4) is 0 Å². The summed E-state index contributed by atoms with van der Waals surface area (Å²) in [7, 11) is -3.42. The van der Waals surface area contributed by atoms with E-state index in [4.69, 9.17) is 0 Å². The highest BCUT2D eigenvalue weighted by atomic mass is 32.2. The van der Waals surface area contributed by atoms with Crippen molar-refractivity contribution < 1.29 is 8.42 Å². The lowest BCUT2D eigenvalue weighted by molar-refractivity contribution is 0.430. The van der Waals surface area contributed by atoms with E-state index in [1.165, 1.54) is 0 Å². The van der Waals surface area contributed by atoms with Gasteiger partial charge in [-0.3, -0.25) is 14.5 Å². The number of rotatable bonds is 3. The summed E-state index contributed by atoms with van der Waals surface area (Å²) < 4.78 is 25.4. The number of piperazine rings is 1. The van der Waals surface area contributed by atoms with Gasteiger partial charge < -0.3 is 10.6 Å². The molecule has 0 bridgehead atoms. The Balaban J connectivity index is 1.90. The molecule has 0 amide bonds. The number of nitrogens with zero attached hydrogens (tertiary/aromatic N) is 1. The summed E-state index contributed by atoms with van der Waals surface area (Å²) in [6, 6.07) is 10.6. The number of hydrogen-bond acceptors (Lipinski definition) is 6. The van der Waals surface area contributed by atoms with Gasteiger partial charge in [0.1, 0.15) is 0 Å². The van der Waals surface area contributed by atoms with Crippen LogP contribution in [0.2, 0.25) is 0 Å². The first-order chi connectivity index (χ1) is 12.9. The molecule has 1 atom stereocenters. The molecule has 1 aliphatic heterocycles. The standard InChI is InChI=1S/C19H20N4O3S/c1-27(25,26)23-14-4-2-12-3-5-17-16(19(24)15(12)9-14)8-13(10-22-17)18-11-20-6-7-21-18/h2-5,8-10,18,20-21,23H,6-7,11H2,1H3. The lowest BCUT2D eigenvalue weighted by atomic mass is 10.1.